The van der Waals surface area contributed by atoms with Crippen molar-refractivity contribution in [2.45, 2.75) is 6.92 Å². The van der Waals surface area contributed by atoms with Gasteiger partial charge in [-0.1, -0.05) is 12.1 Å². The van der Waals surface area contributed by atoms with Gasteiger partial charge in [0.2, 0.25) is 0 Å². The number of likely N-dealkylation sites (N-methyl/N-ethyl adjacent to an activating group) is 1. The maximum absolute atomic E-state index is 12.1. The van der Waals surface area contributed by atoms with Crippen molar-refractivity contribution < 1.29 is 9.59 Å². The molecule has 26 heavy (non-hydrogen) atoms. The second-order valence-electron chi connectivity index (χ2n) is 6.61. The first-order valence-corrected chi connectivity index (χ1v) is 8.74. The first-order valence-electron chi connectivity index (χ1n) is 8.74. The lowest BCUT2D eigenvalue weighted by molar-refractivity contribution is -0.132. The molecule has 6 heteroatoms. The van der Waals surface area contributed by atoms with E-state index in [4.69, 9.17) is 0 Å². The molecule has 136 valence electrons. The van der Waals surface area contributed by atoms with E-state index in [0.29, 0.717) is 11.4 Å². The van der Waals surface area contributed by atoms with Gasteiger partial charge in [0.15, 0.2) is 0 Å². The van der Waals surface area contributed by atoms with Crippen molar-refractivity contribution in [2.24, 2.45) is 0 Å². The van der Waals surface area contributed by atoms with Gasteiger partial charge >= 0.3 is 11.8 Å². The molecule has 1 aliphatic rings. The van der Waals surface area contributed by atoms with E-state index < -0.39 is 11.8 Å². The zero-order valence-electron chi connectivity index (χ0n) is 15.2. The molecule has 2 amide bonds. The van der Waals surface area contributed by atoms with Crippen LogP contribution >= 0.6 is 0 Å². The number of anilines is 3. The molecule has 2 aromatic carbocycles. The number of amides is 2. The van der Waals surface area contributed by atoms with Crippen LogP contribution in [0.25, 0.3) is 0 Å². The minimum atomic E-state index is -0.682. The fraction of sp³-hybridized carbons (Fsp3) is 0.300. The second kappa shape index (κ2) is 8.01. The predicted octanol–water partition coefficient (Wildman–Crippen LogP) is 2.32. The molecular formula is C20H24N4O2. The molecule has 1 aliphatic heterocycles. The fourth-order valence-corrected chi connectivity index (χ4v) is 2.92. The van der Waals surface area contributed by atoms with Gasteiger partial charge in [-0.05, 0) is 55.9 Å². The van der Waals surface area contributed by atoms with Crippen LogP contribution in [0.3, 0.4) is 0 Å². The molecule has 1 saturated heterocycles. The van der Waals surface area contributed by atoms with Crippen molar-refractivity contribution in [3.05, 3.63) is 54.1 Å². The van der Waals surface area contributed by atoms with Crippen LogP contribution < -0.4 is 15.5 Å². The lowest BCUT2D eigenvalue weighted by atomic mass is 10.2. The predicted molar refractivity (Wildman–Crippen MR) is 105 cm³/mol. The maximum Gasteiger partial charge on any atom is 0.314 e. The lowest BCUT2D eigenvalue weighted by Gasteiger charge is -2.34. The Morgan fingerprint density at radius 1 is 0.846 bits per heavy atom. The highest BCUT2D eigenvalue weighted by molar-refractivity contribution is 6.43. The summed E-state index contributed by atoms with van der Waals surface area (Å²) < 4.78 is 0. The summed E-state index contributed by atoms with van der Waals surface area (Å²) in [5.41, 5.74) is 3.35. The first-order chi connectivity index (χ1) is 12.5. The Kier molecular flexibility index (Phi) is 5.53. The van der Waals surface area contributed by atoms with E-state index >= 15 is 0 Å². The fourth-order valence-electron chi connectivity index (χ4n) is 2.92. The van der Waals surface area contributed by atoms with Gasteiger partial charge in [0.05, 0.1) is 0 Å². The van der Waals surface area contributed by atoms with Crippen LogP contribution in [0.4, 0.5) is 17.1 Å². The van der Waals surface area contributed by atoms with Crippen LogP contribution in [-0.4, -0.2) is 49.9 Å². The van der Waals surface area contributed by atoms with E-state index in [1.54, 1.807) is 6.07 Å². The van der Waals surface area contributed by atoms with Crippen LogP contribution in [0.5, 0.6) is 0 Å². The SMILES string of the molecule is Cc1cccc(NC(=O)C(=O)Nc2ccc(N3CCN(C)CC3)cc2)c1. The molecular weight excluding hydrogens is 328 g/mol. The van der Waals surface area contributed by atoms with Crippen molar-refractivity contribution in [2.75, 3.05) is 48.8 Å². The van der Waals surface area contributed by atoms with E-state index in [1.807, 2.05) is 49.4 Å². The van der Waals surface area contributed by atoms with Gasteiger partial charge < -0.3 is 20.4 Å². The average Bonchev–Trinajstić information content (AvgIpc) is 2.63. The molecule has 0 aromatic heterocycles. The lowest BCUT2D eigenvalue weighted by Crippen LogP contribution is -2.44. The Labute approximate surface area is 153 Å². The largest absolute Gasteiger partial charge is 0.369 e. The smallest absolute Gasteiger partial charge is 0.314 e. The monoisotopic (exact) mass is 352 g/mol. The van der Waals surface area contributed by atoms with Gasteiger partial charge in [0.1, 0.15) is 0 Å². The van der Waals surface area contributed by atoms with E-state index in [1.165, 1.54) is 0 Å². The van der Waals surface area contributed by atoms with Gasteiger partial charge in [0.25, 0.3) is 0 Å². The van der Waals surface area contributed by atoms with E-state index in [2.05, 4.69) is 27.5 Å². The molecule has 0 spiro atoms. The number of benzene rings is 2. The quantitative estimate of drug-likeness (QED) is 0.832. The molecule has 0 atom stereocenters. The molecule has 2 aromatic rings. The summed E-state index contributed by atoms with van der Waals surface area (Å²) in [5.74, 6) is -1.36. The molecule has 0 bridgehead atoms. The van der Waals surface area contributed by atoms with Crippen LogP contribution in [0.2, 0.25) is 0 Å². The Morgan fingerprint density at radius 2 is 1.46 bits per heavy atom. The zero-order chi connectivity index (χ0) is 18.5. The van der Waals surface area contributed by atoms with Gasteiger partial charge in [0, 0.05) is 43.2 Å². The van der Waals surface area contributed by atoms with E-state index in [9.17, 15) is 9.59 Å². The third-order valence-electron chi connectivity index (χ3n) is 4.48. The highest BCUT2D eigenvalue weighted by Crippen LogP contribution is 2.19. The summed E-state index contributed by atoms with van der Waals surface area (Å²) in [5, 5.41) is 5.24. The maximum atomic E-state index is 12.1. The zero-order valence-corrected chi connectivity index (χ0v) is 15.2. The number of hydrogen-bond acceptors (Lipinski definition) is 4. The Bertz CT molecular complexity index is 781. The molecule has 1 heterocycles. The molecule has 0 radical (unpaired) electrons. The van der Waals surface area contributed by atoms with Crippen molar-refractivity contribution >= 4 is 28.9 Å². The molecule has 1 fully saturated rings. The summed E-state index contributed by atoms with van der Waals surface area (Å²) in [6.45, 7) is 5.98. The third-order valence-corrected chi connectivity index (χ3v) is 4.48. The number of hydrogen-bond donors (Lipinski definition) is 2. The second-order valence-corrected chi connectivity index (χ2v) is 6.61. The minimum Gasteiger partial charge on any atom is -0.369 e. The summed E-state index contributed by atoms with van der Waals surface area (Å²) in [6, 6.07) is 14.9. The summed E-state index contributed by atoms with van der Waals surface area (Å²) in [4.78, 5) is 28.7. The van der Waals surface area contributed by atoms with Gasteiger partial charge in [-0.25, -0.2) is 0 Å². The Morgan fingerprint density at radius 3 is 2.08 bits per heavy atom. The topological polar surface area (TPSA) is 64.7 Å². The molecule has 0 aliphatic carbocycles. The van der Waals surface area contributed by atoms with Crippen LogP contribution in [-0.2, 0) is 9.59 Å². The summed E-state index contributed by atoms with van der Waals surface area (Å²) >= 11 is 0. The molecule has 0 unspecified atom stereocenters. The van der Waals surface area contributed by atoms with Gasteiger partial charge in [-0.2, -0.15) is 0 Å². The van der Waals surface area contributed by atoms with Crippen molar-refractivity contribution in [3.8, 4) is 0 Å². The number of piperazine rings is 1. The van der Waals surface area contributed by atoms with Gasteiger partial charge in [-0.15, -0.1) is 0 Å². The highest BCUT2D eigenvalue weighted by Gasteiger charge is 2.16. The van der Waals surface area contributed by atoms with Crippen molar-refractivity contribution in [1.29, 1.82) is 0 Å². The number of nitrogens with one attached hydrogen (secondary N) is 2. The molecule has 6 nitrogen and oxygen atoms in total. The normalized spacial score (nSPS) is 14.8. The molecule has 0 saturated carbocycles. The average molecular weight is 352 g/mol. The number of nitrogens with zero attached hydrogens (tertiary/aromatic N) is 2. The molecule has 3 rings (SSSR count). The van der Waals surface area contributed by atoms with Crippen LogP contribution in [0.1, 0.15) is 5.56 Å². The van der Waals surface area contributed by atoms with E-state index in [0.717, 1.165) is 37.4 Å². The Hall–Kier alpha value is -2.86. The number of carbonyl (C=O) groups excluding carboxylic acids is 2. The minimum absolute atomic E-state index is 0.604. The summed E-state index contributed by atoms with van der Waals surface area (Å²) in [6.07, 6.45) is 0. The third kappa shape index (κ3) is 4.61. The molecule has 2 N–H and O–H groups in total. The van der Waals surface area contributed by atoms with Crippen molar-refractivity contribution in [1.82, 2.24) is 4.90 Å². The number of aryl methyl sites for hydroxylation is 1. The van der Waals surface area contributed by atoms with Crippen LogP contribution in [0.15, 0.2) is 48.5 Å². The van der Waals surface area contributed by atoms with Crippen LogP contribution in [0, 0.1) is 6.92 Å². The summed E-state index contributed by atoms with van der Waals surface area (Å²) in [7, 11) is 2.12. The Balaban J connectivity index is 1.56. The highest BCUT2D eigenvalue weighted by atomic mass is 16.2. The van der Waals surface area contributed by atoms with E-state index in [-0.39, 0.29) is 0 Å². The van der Waals surface area contributed by atoms with Gasteiger partial charge in [-0.3, -0.25) is 9.59 Å². The van der Waals surface area contributed by atoms with Crippen molar-refractivity contribution in [3.63, 3.8) is 0 Å². The standard InChI is InChI=1S/C20H24N4O2/c1-15-4-3-5-17(14-15)22-20(26)19(25)21-16-6-8-18(9-7-16)24-12-10-23(2)11-13-24/h3-9,14H,10-13H2,1-2H3,(H,21,25)(H,22,26). The number of rotatable bonds is 3. The first kappa shape index (κ1) is 17.9. The number of carbonyl (C=O) groups is 2.